The largest absolute Gasteiger partial charge is 0.347 e. The first kappa shape index (κ1) is 15.7. The molecule has 0 unspecified atom stereocenters. The second-order valence-corrected chi connectivity index (χ2v) is 5.98. The Labute approximate surface area is 136 Å². The van der Waals surface area contributed by atoms with Crippen LogP contribution >= 0.6 is 0 Å². The number of nitrogens with one attached hydrogen (secondary N) is 1. The number of hydrogen-bond acceptors (Lipinski definition) is 4. The number of piperazine rings is 1. The van der Waals surface area contributed by atoms with Crippen LogP contribution in [0.1, 0.15) is 30.8 Å². The number of imidazole rings is 1. The summed E-state index contributed by atoms with van der Waals surface area (Å²) in [5.74, 6) is 1.15. The minimum atomic E-state index is 0.158. The molecular formula is C16H24N6O. The topological polar surface area (TPSA) is 70.0 Å². The molecule has 1 saturated heterocycles. The Morgan fingerprint density at radius 2 is 2.30 bits per heavy atom. The van der Waals surface area contributed by atoms with E-state index in [0.717, 1.165) is 37.4 Å². The Bertz CT molecular complexity index is 635. The SMILES string of the molecule is CCN1CCN(C(=O)CCc2cnn(C)c2)C[C@H]1c1ncc[nH]1. The highest BCUT2D eigenvalue weighted by Gasteiger charge is 2.30. The van der Waals surface area contributed by atoms with Crippen molar-refractivity contribution in [2.24, 2.45) is 7.05 Å². The lowest BCUT2D eigenvalue weighted by atomic mass is 10.1. The number of H-pyrrole nitrogens is 1. The molecule has 0 saturated carbocycles. The monoisotopic (exact) mass is 316 g/mol. The van der Waals surface area contributed by atoms with Crippen LogP contribution in [0, 0.1) is 0 Å². The summed E-state index contributed by atoms with van der Waals surface area (Å²) in [5.41, 5.74) is 1.11. The number of likely N-dealkylation sites (N-methyl/N-ethyl adjacent to an activating group) is 1. The summed E-state index contributed by atoms with van der Waals surface area (Å²) in [6, 6.07) is 0.158. The van der Waals surface area contributed by atoms with Crippen LogP contribution in [-0.4, -0.2) is 61.6 Å². The minimum Gasteiger partial charge on any atom is -0.347 e. The van der Waals surface area contributed by atoms with Crippen LogP contribution in [0.5, 0.6) is 0 Å². The third kappa shape index (κ3) is 3.61. The molecule has 0 bridgehead atoms. The van der Waals surface area contributed by atoms with Gasteiger partial charge in [-0.3, -0.25) is 14.4 Å². The molecule has 1 N–H and O–H groups in total. The molecule has 23 heavy (non-hydrogen) atoms. The fourth-order valence-electron chi connectivity index (χ4n) is 3.16. The van der Waals surface area contributed by atoms with E-state index < -0.39 is 0 Å². The zero-order valence-corrected chi connectivity index (χ0v) is 13.8. The van der Waals surface area contributed by atoms with Gasteiger partial charge in [-0.1, -0.05) is 6.92 Å². The van der Waals surface area contributed by atoms with Gasteiger partial charge >= 0.3 is 0 Å². The van der Waals surface area contributed by atoms with Crippen LogP contribution in [0.3, 0.4) is 0 Å². The van der Waals surface area contributed by atoms with E-state index in [1.165, 1.54) is 0 Å². The van der Waals surface area contributed by atoms with Crippen molar-refractivity contribution in [1.82, 2.24) is 29.5 Å². The lowest BCUT2D eigenvalue weighted by Crippen LogP contribution is -2.50. The minimum absolute atomic E-state index is 0.158. The van der Waals surface area contributed by atoms with Crippen LogP contribution in [0.2, 0.25) is 0 Å². The van der Waals surface area contributed by atoms with Crippen LogP contribution < -0.4 is 0 Å². The molecule has 7 nitrogen and oxygen atoms in total. The zero-order valence-electron chi connectivity index (χ0n) is 13.8. The van der Waals surface area contributed by atoms with Gasteiger partial charge in [0.2, 0.25) is 5.91 Å². The van der Waals surface area contributed by atoms with E-state index in [4.69, 9.17) is 0 Å². The predicted octanol–water partition coefficient (Wildman–Crippen LogP) is 0.981. The maximum absolute atomic E-state index is 12.5. The summed E-state index contributed by atoms with van der Waals surface area (Å²) in [7, 11) is 1.89. The van der Waals surface area contributed by atoms with Crippen molar-refractivity contribution >= 4 is 5.91 Å². The third-order valence-corrected chi connectivity index (χ3v) is 4.47. The second-order valence-electron chi connectivity index (χ2n) is 5.98. The molecule has 0 spiro atoms. The van der Waals surface area contributed by atoms with Crippen molar-refractivity contribution in [2.75, 3.05) is 26.2 Å². The highest BCUT2D eigenvalue weighted by Crippen LogP contribution is 2.23. The van der Waals surface area contributed by atoms with E-state index in [9.17, 15) is 4.79 Å². The number of carbonyl (C=O) groups excluding carboxylic acids is 1. The van der Waals surface area contributed by atoms with E-state index in [2.05, 4.69) is 26.9 Å². The summed E-state index contributed by atoms with van der Waals surface area (Å²) in [5, 5.41) is 4.15. The van der Waals surface area contributed by atoms with Crippen molar-refractivity contribution in [2.45, 2.75) is 25.8 Å². The van der Waals surface area contributed by atoms with Crippen molar-refractivity contribution in [3.05, 3.63) is 36.2 Å². The molecular weight excluding hydrogens is 292 g/mol. The number of aromatic amines is 1. The van der Waals surface area contributed by atoms with Gasteiger partial charge in [-0.15, -0.1) is 0 Å². The summed E-state index contributed by atoms with van der Waals surface area (Å²) in [6.07, 6.45) is 8.68. The van der Waals surface area contributed by atoms with Crippen molar-refractivity contribution in [3.8, 4) is 0 Å². The normalized spacial score (nSPS) is 19.2. The molecule has 1 fully saturated rings. The van der Waals surface area contributed by atoms with Gasteiger partial charge in [-0.05, 0) is 18.5 Å². The summed E-state index contributed by atoms with van der Waals surface area (Å²) in [6.45, 7) is 5.49. The van der Waals surface area contributed by atoms with Gasteiger partial charge < -0.3 is 9.88 Å². The number of aromatic nitrogens is 4. The van der Waals surface area contributed by atoms with E-state index in [1.54, 1.807) is 10.9 Å². The van der Waals surface area contributed by atoms with Gasteiger partial charge in [0.15, 0.2) is 0 Å². The first-order valence-electron chi connectivity index (χ1n) is 8.16. The molecule has 0 radical (unpaired) electrons. The molecule has 7 heteroatoms. The van der Waals surface area contributed by atoms with E-state index in [-0.39, 0.29) is 11.9 Å². The predicted molar refractivity (Wildman–Crippen MR) is 86.7 cm³/mol. The first-order valence-corrected chi connectivity index (χ1v) is 8.16. The maximum Gasteiger partial charge on any atom is 0.223 e. The van der Waals surface area contributed by atoms with Crippen molar-refractivity contribution in [1.29, 1.82) is 0 Å². The fraction of sp³-hybridized carbons (Fsp3) is 0.562. The Morgan fingerprint density at radius 1 is 1.43 bits per heavy atom. The molecule has 1 atom stereocenters. The van der Waals surface area contributed by atoms with Crippen molar-refractivity contribution < 1.29 is 4.79 Å². The zero-order chi connectivity index (χ0) is 16.2. The molecule has 2 aromatic heterocycles. The Balaban J connectivity index is 1.60. The van der Waals surface area contributed by atoms with Crippen molar-refractivity contribution in [3.63, 3.8) is 0 Å². The highest BCUT2D eigenvalue weighted by atomic mass is 16.2. The lowest BCUT2D eigenvalue weighted by molar-refractivity contribution is -0.134. The molecule has 1 amide bonds. The van der Waals surface area contributed by atoms with E-state index in [0.29, 0.717) is 13.0 Å². The van der Waals surface area contributed by atoms with Gasteiger partial charge in [-0.2, -0.15) is 5.10 Å². The van der Waals surface area contributed by atoms with Crippen LogP contribution in [0.4, 0.5) is 0 Å². The number of carbonyl (C=O) groups is 1. The summed E-state index contributed by atoms with van der Waals surface area (Å²) in [4.78, 5) is 24.4. The quantitative estimate of drug-likeness (QED) is 0.893. The second kappa shape index (κ2) is 6.95. The molecule has 124 valence electrons. The van der Waals surface area contributed by atoms with E-state index in [1.807, 2.05) is 30.5 Å². The molecule has 3 rings (SSSR count). The van der Waals surface area contributed by atoms with Crippen LogP contribution in [-0.2, 0) is 18.3 Å². The molecule has 1 aliphatic rings. The number of aryl methyl sites for hydroxylation is 2. The fourth-order valence-corrected chi connectivity index (χ4v) is 3.16. The summed E-state index contributed by atoms with van der Waals surface area (Å²) < 4.78 is 1.77. The average molecular weight is 316 g/mol. The number of nitrogens with zero attached hydrogens (tertiary/aromatic N) is 5. The van der Waals surface area contributed by atoms with Gasteiger partial charge in [-0.25, -0.2) is 4.98 Å². The third-order valence-electron chi connectivity index (χ3n) is 4.47. The van der Waals surface area contributed by atoms with Gasteiger partial charge in [0.05, 0.1) is 12.2 Å². The van der Waals surface area contributed by atoms with Gasteiger partial charge in [0.1, 0.15) is 5.82 Å². The standard InChI is InChI=1S/C16H24N6O/c1-3-21-8-9-22(12-14(21)16-17-6-7-18-16)15(23)5-4-13-10-19-20(2)11-13/h6-7,10-11,14H,3-5,8-9,12H2,1-2H3,(H,17,18)/t14-/m0/s1. The first-order chi connectivity index (χ1) is 11.2. The molecule has 1 aliphatic heterocycles. The Morgan fingerprint density at radius 3 is 2.96 bits per heavy atom. The van der Waals surface area contributed by atoms with Gasteiger partial charge in [0.25, 0.3) is 0 Å². The maximum atomic E-state index is 12.5. The molecule has 0 aliphatic carbocycles. The highest BCUT2D eigenvalue weighted by molar-refractivity contribution is 5.76. The Hall–Kier alpha value is -2.15. The average Bonchev–Trinajstić information content (AvgIpc) is 3.23. The van der Waals surface area contributed by atoms with Crippen LogP contribution in [0.15, 0.2) is 24.8 Å². The molecule has 3 heterocycles. The number of rotatable bonds is 5. The number of hydrogen-bond donors (Lipinski definition) is 1. The smallest absolute Gasteiger partial charge is 0.223 e. The van der Waals surface area contributed by atoms with Gasteiger partial charge in [0, 0.05) is 51.7 Å². The molecule has 2 aromatic rings. The number of amides is 1. The molecule has 0 aromatic carbocycles. The Kier molecular flexibility index (Phi) is 4.76. The summed E-state index contributed by atoms with van der Waals surface area (Å²) >= 11 is 0. The van der Waals surface area contributed by atoms with E-state index >= 15 is 0 Å². The van der Waals surface area contributed by atoms with Crippen LogP contribution in [0.25, 0.3) is 0 Å². The lowest BCUT2D eigenvalue weighted by Gasteiger charge is -2.40.